The fourth-order valence-corrected chi connectivity index (χ4v) is 1.27. The number of carbonyl (C=O) groups is 1. The van der Waals surface area contributed by atoms with Gasteiger partial charge in [-0.25, -0.2) is 0 Å². The monoisotopic (exact) mass is 297 g/mol. The molecule has 1 rings (SSSR count). The van der Waals surface area contributed by atoms with E-state index in [4.69, 9.17) is 11.6 Å². The number of carbonyl (C=O) groups excluding carboxylic acids is 1. The summed E-state index contributed by atoms with van der Waals surface area (Å²) in [4.78, 5) is 10.5. The third kappa shape index (κ3) is 4.76. The number of amides is 1. The Labute approximate surface area is 110 Å². The number of nitrogens with one attached hydrogen (secondary N) is 3. The molecule has 0 radical (unpaired) electrons. The van der Waals surface area contributed by atoms with Crippen LogP contribution >= 0.6 is 23.8 Å². The molecule has 1 amide bonds. The lowest BCUT2D eigenvalue weighted by Crippen LogP contribution is -2.49. The topological polar surface area (TPSA) is 53.2 Å². The minimum absolute atomic E-state index is 0.199. The van der Waals surface area contributed by atoms with E-state index in [9.17, 15) is 18.0 Å². The van der Waals surface area contributed by atoms with Gasteiger partial charge in [0.2, 0.25) is 0 Å². The number of hydrogen-bond acceptors (Lipinski definition) is 2. The third-order valence-electron chi connectivity index (χ3n) is 1.63. The van der Waals surface area contributed by atoms with E-state index in [2.05, 4.69) is 17.5 Å². The molecule has 9 heteroatoms. The van der Waals surface area contributed by atoms with Gasteiger partial charge in [0, 0.05) is 10.7 Å². The third-order valence-corrected chi connectivity index (χ3v) is 2.07. The quantitative estimate of drug-likeness (QED) is 0.549. The highest BCUT2D eigenvalue weighted by atomic mass is 35.5. The molecule has 0 aliphatic carbocycles. The molecule has 0 atom stereocenters. The van der Waals surface area contributed by atoms with E-state index in [0.29, 0.717) is 10.7 Å². The molecule has 1 aromatic carbocycles. The van der Waals surface area contributed by atoms with Crippen LogP contribution in [0.2, 0.25) is 5.02 Å². The predicted octanol–water partition coefficient (Wildman–Crippen LogP) is 2.22. The van der Waals surface area contributed by atoms with Crippen LogP contribution < -0.4 is 16.2 Å². The van der Waals surface area contributed by atoms with E-state index < -0.39 is 12.1 Å². The Balaban J connectivity index is 2.46. The highest BCUT2D eigenvalue weighted by Gasteiger charge is 2.38. The molecule has 0 heterocycles. The standard InChI is InChI=1S/C9H7ClF3N3OS/c10-5-2-1-3-6(4-5)14-8(18)16-15-7(17)9(11,12)13/h1-4H,(H,15,17)(H2,14,16,18). The van der Waals surface area contributed by atoms with Crippen molar-refractivity contribution in [2.45, 2.75) is 6.18 Å². The molecule has 18 heavy (non-hydrogen) atoms. The minimum atomic E-state index is -4.97. The maximum absolute atomic E-state index is 11.8. The second-order valence-corrected chi connectivity index (χ2v) is 3.89. The number of hydrogen-bond donors (Lipinski definition) is 3. The van der Waals surface area contributed by atoms with Crippen molar-refractivity contribution in [2.75, 3.05) is 5.32 Å². The second-order valence-electron chi connectivity index (χ2n) is 3.04. The zero-order valence-electron chi connectivity index (χ0n) is 8.64. The first kappa shape index (κ1) is 14.5. The van der Waals surface area contributed by atoms with Crippen molar-refractivity contribution in [3.63, 3.8) is 0 Å². The largest absolute Gasteiger partial charge is 0.472 e. The Morgan fingerprint density at radius 2 is 1.94 bits per heavy atom. The summed E-state index contributed by atoms with van der Waals surface area (Å²) in [7, 11) is 0. The Morgan fingerprint density at radius 3 is 2.50 bits per heavy atom. The number of benzene rings is 1. The molecule has 0 aliphatic rings. The van der Waals surface area contributed by atoms with Crippen LogP contribution in [0.25, 0.3) is 0 Å². The maximum Gasteiger partial charge on any atom is 0.472 e. The average Bonchev–Trinajstić information content (AvgIpc) is 2.24. The van der Waals surface area contributed by atoms with Crippen LogP contribution in [0.15, 0.2) is 24.3 Å². The van der Waals surface area contributed by atoms with E-state index in [-0.39, 0.29) is 5.11 Å². The van der Waals surface area contributed by atoms with Crippen LogP contribution in [-0.4, -0.2) is 17.2 Å². The number of anilines is 1. The molecule has 0 spiro atoms. The number of hydrazine groups is 1. The smallest absolute Gasteiger partial charge is 0.331 e. The number of rotatable bonds is 1. The summed E-state index contributed by atoms with van der Waals surface area (Å²) < 4.78 is 35.5. The van der Waals surface area contributed by atoms with Crippen LogP contribution in [0.4, 0.5) is 18.9 Å². The van der Waals surface area contributed by atoms with Gasteiger partial charge in [0.15, 0.2) is 5.11 Å². The normalized spacial score (nSPS) is 10.7. The zero-order chi connectivity index (χ0) is 13.8. The van der Waals surface area contributed by atoms with Crippen LogP contribution in [-0.2, 0) is 4.79 Å². The predicted molar refractivity (Wildman–Crippen MR) is 65.0 cm³/mol. The van der Waals surface area contributed by atoms with E-state index >= 15 is 0 Å². The van der Waals surface area contributed by atoms with Gasteiger partial charge in [-0.1, -0.05) is 17.7 Å². The van der Waals surface area contributed by atoms with Crippen molar-refractivity contribution >= 4 is 40.5 Å². The highest BCUT2D eigenvalue weighted by molar-refractivity contribution is 7.80. The number of halogens is 4. The van der Waals surface area contributed by atoms with E-state index in [1.54, 1.807) is 18.2 Å². The first-order valence-electron chi connectivity index (χ1n) is 4.49. The van der Waals surface area contributed by atoms with E-state index in [1.807, 2.05) is 5.43 Å². The van der Waals surface area contributed by atoms with Gasteiger partial charge in [-0.2, -0.15) is 13.2 Å². The van der Waals surface area contributed by atoms with Crippen molar-refractivity contribution in [2.24, 2.45) is 0 Å². The van der Waals surface area contributed by atoms with E-state index in [1.165, 1.54) is 11.5 Å². The van der Waals surface area contributed by atoms with Crippen LogP contribution in [0.3, 0.4) is 0 Å². The summed E-state index contributed by atoms with van der Waals surface area (Å²) in [5.74, 6) is -2.14. The van der Waals surface area contributed by atoms with Crippen molar-refractivity contribution in [1.29, 1.82) is 0 Å². The van der Waals surface area contributed by atoms with E-state index in [0.717, 1.165) is 0 Å². The van der Waals surface area contributed by atoms with Crippen molar-refractivity contribution in [3.8, 4) is 0 Å². The highest BCUT2D eigenvalue weighted by Crippen LogP contribution is 2.15. The van der Waals surface area contributed by atoms with Crippen LogP contribution in [0.1, 0.15) is 0 Å². The van der Waals surface area contributed by atoms with Crippen molar-refractivity contribution < 1.29 is 18.0 Å². The molecule has 4 nitrogen and oxygen atoms in total. The van der Waals surface area contributed by atoms with Crippen molar-refractivity contribution in [1.82, 2.24) is 10.9 Å². The first-order chi connectivity index (χ1) is 8.29. The van der Waals surface area contributed by atoms with Gasteiger partial charge in [-0.15, -0.1) is 0 Å². The lowest BCUT2D eigenvalue weighted by molar-refractivity contribution is -0.174. The molecule has 1 aromatic rings. The van der Waals surface area contributed by atoms with Gasteiger partial charge < -0.3 is 5.32 Å². The molecule has 0 aromatic heterocycles. The first-order valence-corrected chi connectivity index (χ1v) is 5.27. The Hall–Kier alpha value is -1.54. The van der Waals surface area contributed by atoms with Crippen LogP contribution in [0, 0.1) is 0 Å². The molecule has 0 aliphatic heterocycles. The summed E-state index contributed by atoms with van der Waals surface area (Å²) in [6.07, 6.45) is -4.97. The summed E-state index contributed by atoms with van der Waals surface area (Å²) in [6, 6.07) is 6.36. The minimum Gasteiger partial charge on any atom is -0.331 e. The molecular weight excluding hydrogens is 291 g/mol. The average molecular weight is 298 g/mol. The zero-order valence-corrected chi connectivity index (χ0v) is 10.2. The summed E-state index contributed by atoms with van der Waals surface area (Å²) in [5.41, 5.74) is 3.79. The molecule has 0 bridgehead atoms. The van der Waals surface area contributed by atoms with Gasteiger partial charge in [-0.3, -0.25) is 15.6 Å². The molecule has 98 valence electrons. The summed E-state index contributed by atoms with van der Waals surface area (Å²) in [5, 5.41) is 2.78. The molecule has 0 saturated carbocycles. The maximum atomic E-state index is 11.8. The summed E-state index contributed by atoms with van der Waals surface area (Å²) in [6.45, 7) is 0. The molecule has 0 unspecified atom stereocenters. The Morgan fingerprint density at radius 1 is 1.28 bits per heavy atom. The fourth-order valence-electron chi connectivity index (χ4n) is 0.913. The number of alkyl halides is 3. The van der Waals surface area contributed by atoms with Gasteiger partial charge in [0.05, 0.1) is 0 Å². The Kier molecular flexibility index (Phi) is 4.74. The van der Waals surface area contributed by atoms with Gasteiger partial charge >= 0.3 is 12.1 Å². The molecular formula is C9H7ClF3N3OS. The lowest BCUT2D eigenvalue weighted by Gasteiger charge is -2.12. The number of thiocarbonyl (C=S) groups is 1. The fraction of sp³-hybridized carbons (Fsp3) is 0.111. The molecule has 3 N–H and O–H groups in total. The van der Waals surface area contributed by atoms with Gasteiger partial charge in [0.1, 0.15) is 0 Å². The SMILES string of the molecule is O=C(NNC(=S)Nc1cccc(Cl)c1)C(F)(F)F. The Bertz CT molecular complexity index is 467. The van der Waals surface area contributed by atoms with Crippen molar-refractivity contribution in [3.05, 3.63) is 29.3 Å². The summed E-state index contributed by atoms with van der Waals surface area (Å²) >= 11 is 10.4. The molecule has 0 fully saturated rings. The molecule has 0 saturated heterocycles. The van der Waals surface area contributed by atoms with Gasteiger partial charge in [0.25, 0.3) is 0 Å². The van der Waals surface area contributed by atoms with Crippen LogP contribution in [0.5, 0.6) is 0 Å². The lowest BCUT2D eigenvalue weighted by atomic mass is 10.3. The second kappa shape index (κ2) is 5.87. The van der Waals surface area contributed by atoms with Gasteiger partial charge in [-0.05, 0) is 30.4 Å².